The number of ketones is 2. The highest BCUT2D eigenvalue weighted by Crippen LogP contribution is 2.36. The molecule has 1 aromatic heterocycles. The Morgan fingerprint density at radius 3 is 1.57 bits per heavy atom. The minimum Gasteiger partial charge on any atom is -0.507 e. The van der Waals surface area contributed by atoms with Gasteiger partial charge in [0.2, 0.25) is 0 Å². The summed E-state index contributed by atoms with van der Waals surface area (Å²) in [7, 11) is 0. The standard InChI is InChI=1S/C18H17NO4/c1-4-19-15-7-17(22)11(9(2)20)5-13(15)14-6-12(10(3)21)18(23)8-16(14)19/h5-8,22-23H,4H2,1-3H3. The fourth-order valence-corrected chi connectivity index (χ4v) is 3.07. The second kappa shape index (κ2) is 5.12. The number of carbonyl (C=O) groups is 2. The minimum absolute atomic E-state index is 0.0708. The number of aryl methyl sites for hydroxylation is 1. The zero-order chi connectivity index (χ0) is 16.9. The van der Waals surface area contributed by atoms with E-state index in [-0.39, 0.29) is 34.2 Å². The first-order valence-corrected chi connectivity index (χ1v) is 7.39. The highest BCUT2D eigenvalue weighted by atomic mass is 16.3. The normalized spacial score (nSPS) is 11.3. The predicted octanol–water partition coefficient (Wildman–Crippen LogP) is 3.63. The number of hydrogen-bond donors (Lipinski definition) is 2. The van der Waals surface area contributed by atoms with Gasteiger partial charge in [-0.1, -0.05) is 0 Å². The van der Waals surface area contributed by atoms with Gasteiger partial charge in [-0.05, 0) is 32.9 Å². The van der Waals surface area contributed by atoms with E-state index in [4.69, 9.17) is 0 Å². The average Bonchev–Trinajstić information content (AvgIpc) is 2.76. The van der Waals surface area contributed by atoms with Gasteiger partial charge in [0.05, 0.1) is 22.2 Å². The second-order valence-corrected chi connectivity index (χ2v) is 5.63. The van der Waals surface area contributed by atoms with Gasteiger partial charge in [-0.15, -0.1) is 0 Å². The van der Waals surface area contributed by atoms with Crippen LogP contribution in [0.25, 0.3) is 21.8 Å². The van der Waals surface area contributed by atoms with Gasteiger partial charge in [-0.3, -0.25) is 9.59 Å². The number of nitrogens with zero attached hydrogens (tertiary/aromatic N) is 1. The van der Waals surface area contributed by atoms with Crippen LogP contribution in [0.2, 0.25) is 0 Å². The van der Waals surface area contributed by atoms with Crippen molar-refractivity contribution in [2.75, 3.05) is 0 Å². The van der Waals surface area contributed by atoms with Crippen LogP contribution >= 0.6 is 0 Å². The molecule has 23 heavy (non-hydrogen) atoms. The minimum atomic E-state index is -0.229. The smallest absolute Gasteiger partial charge is 0.163 e. The molecule has 2 N–H and O–H groups in total. The van der Waals surface area contributed by atoms with E-state index in [1.165, 1.54) is 13.8 Å². The van der Waals surface area contributed by atoms with Gasteiger partial charge in [0.1, 0.15) is 11.5 Å². The van der Waals surface area contributed by atoms with Crippen molar-refractivity contribution in [1.82, 2.24) is 4.57 Å². The van der Waals surface area contributed by atoms with Gasteiger partial charge in [0, 0.05) is 29.4 Å². The van der Waals surface area contributed by atoms with Crippen LogP contribution in [-0.4, -0.2) is 26.3 Å². The van der Waals surface area contributed by atoms with E-state index in [2.05, 4.69) is 0 Å². The number of phenols is 2. The summed E-state index contributed by atoms with van der Waals surface area (Å²) in [5.41, 5.74) is 1.99. The molecule has 5 heteroatoms. The van der Waals surface area contributed by atoms with Crippen LogP contribution < -0.4 is 0 Å². The summed E-state index contributed by atoms with van der Waals surface area (Å²) < 4.78 is 1.93. The first-order valence-electron chi connectivity index (χ1n) is 7.39. The Hall–Kier alpha value is -2.82. The lowest BCUT2D eigenvalue weighted by atomic mass is 10.0. The lowest BCUT2D eigenvalue weighted by Gasteiger charge is -2.05. The van der Waals surface area contributed by atoms with Crippen LogP contribution in [-0.2, 0) is 6.54 Å². The number of aromatic hydroxyl groups is 2. The lowest BCUT2D eigenvalue weighted by Crippen LogP contribution is -1.96. The van der Waals surface area contributed by atoms with Crippen molar-refractivity contribution in [3.05, 3.63) is 35.4 Å². The summed E-state index contributed by atoms with van der Waals surface area (Å²) in [5.74, 6) is -0.600. The molecule has 0 unspecified atom stereocenters. The highest BCUT2D eigenvalue weighted by molar-refractivity contribution is 6.14. The molecule has 118 valence electrons. The van der Waals surface area contributed by atoms with Gasteiger partial charge in [-0.25, -0.2) is 0 Å². The number of Topliss-reactive ketones (excluding diaryl/α,β-unsaturated/α-hetero) is 2. The van der Waals surface area contributed by atoms with Crippen LogP contribution in [0.5, 0.6) is 11.5 Å². The molecule has 0 radical (unpaired) electrons. The molecule has 2 aromatic carbocycles. The van der Waals surface area contributed by atoms with E-state index >= 15 is 0 Å². The summed E-state index contributed by atoms with van der Waals surface area (Å²) in [6.45, 7) is 5.36. The molecule has 0 aliphatic rings. The average molecular weight is 311 g/mol. The maximum atomic E-state index is 11.7. The molecule has 3 rings (SSSR count). The monoisotopic (exact) mass is 311 g/mol. The van der Waals surface area contributed by atoms with Crippen molar-refractivity contribution in [2.24, 2.45) is 0 Å². The van der Waals surface area contributed by atoms with Gasteiger partial charge in [0.25, 0.3) is 0 Å². The summed E-state index contributed by atoms with van der Waals surface area (Å²) in [6.07, 6.45) is 0. The fraction of sp³-hybridized carbons (Fsp3) is 0.222. The quantitative estimate of drug-likeness (QED) is 0.724. The van der Waals surface area contributed by atoms with Gasteiger partial charge in [0.15, 0.2) is 11.6 Å². The number of phenolic OH excluding ortho intramolecular Hbond substituents is 2. The van der Waals surface area contributed by atoms with E-state index in [1.807, 2.05) is 11.5 Å². The molecule has 0 saturated carbocycles. The van der Waals surface area contributed by atoms with Crippen molar-refractivity contribution in [1.29, 1.82) is 0 Å². The summed E-state index contributed by atoms with van der Waals surface area (Å²) in [4.78, 5) is 23.4. The first kappa shape index (κ1) is 15.1. The number of carbonyl (C=O) groups excluding carboxylic acids is 2. The van der Waals surface area contributed by atoms with Crippen molar-refractivity contribution in [3.8, 4) is 11.5 Å². The predicted molar refractivity (Wildman–Crippen MR) is 88.5 cm³/mol. The molecule has 0 fully saturated rings. The molecule has 0 bridgehead atoms. The van der Waals surface area contributed by atoms with Gasteiger partial charge in [-0.2, -0.15) is 0 Å². The number of rotatable bonds is 3. The molecule has 0 saturated heterocycles. The third-order valence-electron chi connectivity index (χ3n) is 4.17. The molecule has 0 spiro atoms. The molecular weight excluding hydrogens is 294 g/mol. The molecule has 5 nitrogen and oxygen atoms in total. The van der Waals surface area contributed by atoms with Crippen LogP contribution in [0.4, 0.5) is 0 Å². The van der Waals surface area contributed by atoms with E-state index in [9.17, 15) is 19.8 Å². The largest absolute Gasteiger partial charge is 0.507 e. The first-order chi connectivity index (χ1) is 10.8. The van der Waals surface area contributed by atoms with E-state index in [0.29, 0.717) is 6.54 Å². The Balaban J connectivity index is 2.53. The Morgan fingerprint density at radius 2 is 1.26 bits per heavy atom. The van der Waals surface area contributed by atoms with Crippen LogP contribution in [0, 0.1) is 0 Å². The third-order valence-corrected chi connectivity index (χ3v) is 4.17. The fourth-order valence-electron chi connectivity index (χ4n) is 3.07. The van der Waals surface area contributed by atoms with Gasteiger partial charge >= 0.3 is 0 Å². The number of benzene rings is 2. The van der Waals surface area contributed by atoms with Crippen LogP contribution in [0.1, 0.15) is 41.5 Å². The molecule has 3 aromatic rings. The molecule has 0 amide bonds. The maximum Gasteiger partial charge on any atom is 0.163 e. The summed E-state index contributed by atoms with van der Waals surface area (Å²) >= 11 is 0. The molecule has 0 atom stereocenters. The van der Waals surface area contributed by atoms with Crippen LogP contribution in [0.3, 0.4) is 0 Å². The Morgan fingerprint density at radius 1 is 0.870 bits per heavy atom. The van der Waals surface area contributed by atoms with E-state index < -0.39 is 0 Å². The van der Waals surface area contributed by atoms with Gasteiger partial charge < -0.3 is 14.8 Å². The van der Waals surface area contributed by atoms with Crippen molar-refractivity contribution in [3.63, 3.8) is 0 Å². The van der Waals surface area contributed by atoms with Crippen LogP contribution in [0.15, 0.2) is 24.3 Å². The summed E-state index contributed by atoms with van der Waals surface area (Å²) in [6, 6.07) is 6.39. The SMILES string of the molecule is CCn1c2cc(O)c(C(C)=O)cc2c2cc(C(C)=O)c(O)cc21. The molecule has 0 aliphatic heterocycles. The Labute approximate surface area is 132 Å². The summed E-state index contributed by atoms with van der Waals surface area (Å²) in [5, 5.41) is 21.7. The molecule has 0 aliphatic carbocycles. The van der Waals surface area contributed by atoms with Crippen molar-refractivity contribution < 1.29 is 19.8 Å². The maximum absolute atomic E-state index is 11.7. The number of fused-ring (bicyclic) bond motifs is 3. The molecule has 1 heterocycles. The Kier molecular flexibility index (Phi) is 3.36. The van der Waals surface area contributed by atoms with Crippen molar-refractivity contribution >= 4 is 33.4 Å². The lowest BCUT2D eigenvalue weighted by molar-refractivity contribution is 0.100. The zero-order valence-corrected chi connectivity index (χ0v) is 13.2. The molecular formula is C18H17NO4. The van der Waals surface area contributed by atoms with Crippen molar-refractivity contribution in [2.45, 2.75) is 27.3 Å². The number of aromatic nitrogens is 1. The second-order valence-electron chi connectivity index (χ2n) is 5.63. The number of hydrogen-bond acceptors (Lipinski definition) is 4. The van der Waals surface area contributed by atoms with E-state index in [1.54, 1.807) is 24.3 Å². The third kappa shape index (κ3) is 2.16. The highest BCUT2D eigenvalue weighted by Gasteiger charge is 2.18. The zero-order valence-electron chi connectivity index (χ0n) is 13.2. The Bertz CT molecular complexity index is 905. The topological polar surface area (TPSA) is 79.5 Å². The van der Waals surface area contributed by atoms with E-state index in [0.717, 1.165) is 21.8 Å².